The predicted octanol–water partition coefficient (Wildman–Crippen LogP) is 1.13. The largest absolute Gasteiger partial charge is 0.481 e. The first-order valence-electron chi connectivity index (χ1n) is 3.53. The van der Waals surface area contributed by atoms with Gasteiger partial charge in [-0.15, -0.1) is 11.3 Å². The van der Waals surface area contributed by atoms with Crippen molar-refractivity contribution in [1.29, 1.82) is 5.26 Å². The summed E-state index contributed by atoms with van der Waals surface area (Å²) >= 11 is 1.11. The first-order valence-corrected chi connectivity index (χ1v) is 4.35. The van der Waals surface area contributed by atoms with Gasteiger partial charge in [-0.3, -0.25) is 4.79 Å². The summed E-state index contributed by atoms with van der Waals surface area (Å²) < 4.78 is 0. The van der Waals surface area contributed by atoms with Crippen LogP contribution in [0.25, 0.3) is 0 Å². The number of nitrogens with zero attached hydrogens (tertiary/aromatic N) is 1. The number of thiophene rings is 1. The lowest BCUT2D eigenvalue weighted by Crippen LogP contribution is -2.03. The van der Waals surface area contributed by atoms with E-state index < -0.39 is 12.1 Å². The number of carboxylic acid groups (broad SMARTS) is 1. The van der Waals surface area contributed by atoms with Gasteiger partial charge in [-0.25, -0.2) is 0 Å². The van der Waals surface area contributed by atoms with Crippen LogP contribution in [0.3, 0.4) is 0 Å². The van der Waals surface area contributed by atoms with Gasteiger partial charge in [0, 0.05) is 4.88 Å². The Hall–Kier alpha value is -1.38. The second kappa shape index (κ2) is 4.03. The number of aliphatic hydroxyl groups excluding tert-OH is 1. The van der Waals surface area contributed by atoms with Crippen LogP contribution in [-0.4, -0.2) is 16.2 Å². The molecule has 1 atom stereocenters. The second-order valence-corrected chi connectivity index (χ2v) is 3.54. The quantitative estimate of drug-likeness (QED) is 0.761. The molecule has 0 saturated heterocycles. The van der Waals surface area contributed by atoms with Gasteiger partial charge >= 0.3 is 5.97 Å². The van der Waals surface area contributed by atoms with Crippen LogP contribution in [0.4, 0.5) is 0 Å². The van der Waals surface area contributed by atoms with E-state index in [2.05, 4.69) is 0 Å². The number of aliphatic carboxylic acids is 1. The van der Waals surface area contributed by atoms with E-state index in [-0.39, 0.29) is 6.42 Å². The molecule has 0 fully saturated rings. The molecule has 0 aliphatic rings. The molecule has 2 N–H and O–H groups in total. The molecule has 1 rings (SSSR count). The Morgan fingerprint density at radius 2 is 2.38 bits per heavy atom. The number of carbonyl (C=O) groups is 1. The Labute approximate surface area is 78.7 Å². The van der Waals surface area contributed by atoms with E-state index in [1.54, 1.807) is 12.1 Å². The number of rotatable bonds is 3. The minimum Gasteiger partial charge on any atom is -0.481 e. The normalized spacial score (nSPS) is 12.0. The predicted molar refractivity (Wildman–Crippen MR) is 46.2 cm³/mol. The molecule has 4 nitrogen and oxygen atoms in total. The summed E-state index contributed by atoms with van der Waals surface area (Å²) in [6.07, 6.45) is -1.34. The summed E-state index contributed by atoms with van der Waals surface area (Å²) in [7, 11) is 0. The van der Waals surface area contributed by atoms with Crippen molar-refractivity contribution in [2.45, 2.75) is 12.5 Å². The maximum atomic E-state index is 10.2. The van der Waals surface area contributed by atoms with Crippen molar-refractivity contribution in [1.82, 2.24) is 0 Å². The first kappa shape index (κ1) is 9.71. The molecular formula is C8H7NO3S. The zero-order valence-electron chi connectivity index (χ0n) is 6.60. The molecule has 0 aliphatic heterocycles. The van der Waals surface area contributed by atoms with E-state index in [1.165, 1.54) is 0 Å². The van der Waals surface area contributed by atoms with Crippen LogP contribution < -0.4 is 0 Å². The third kappa shape index (κ3) is 2.54. The molecule has 1 unspecified atom stereocenters. The molecule has 1 heterocycles. The van der Waals surface area contributed by atoms with Crippen molar-refractivity contribution in [3.63, 3.8) is 0 Å². The minimum atomic E-state index is -1.06. The van der Waals surface area contributed by atoms with E-state index in [0.717, 1.165) is 11.3 Å². The lowest BCUT2D eigenvalue weighted by molar-refractivity contribution is -0.139. The van der Waals surface area contributed by atoms with E-state index in [9.17, 15) is 9.90 Å². The lowest BCUT2D eigenvalue weighted by atomic mass is 10.2. The van der Waals surface area contributed by atoms with Crippen molar-refractivity contribution < 1.29 is 15.0 Å². The highest BCUT2D eigenvalue weighted by Gasteiger charge is 2.13. The molecular weight excluding hydrogens is 190 g/mol. The third-order valence-electron chi connectivity index (χ3n) is 1.43. The van der Waals surface area contributed by atoms with Crippen LogP contribution in [-0.2, 0) is 4.79 Å². The minimum absolute atomic E-state index is 0.328. The Balaban J connectivity index is 2.72. The standard InChI is InChI=1S/C8H7NO3S/c9-4-5-1-2-7(13-5)6(10)3-8(11)12/h1-2,6,10H,3H2,(H,11,12). The number of nitriles is 1. The van der Waals surface area contributed by atoms with Crippen LogP contribution in [0.5, 0.6) is 0 Å². The van der Waals surface area contributed by atoms with Gasteiger partial charge in [0.2, 0.25) is 0 Å². The Kier molecular flexibility index (Phi) is 3.01. The highest BCUT2D eigenvalue weighted by atomic mass is 32.1. The fourth-order valence-electron chi connectivity index (χ4n) is 0.858. The molecule has 0 spiro atoms. The van der Waals surface area contributed by atoms with Gasteiger partial charge in [0.1, 0.15) is 10.9 Å². The molecule has 1 aromatic rings. The third-order valence-corrected chi connectivity index (χ3v) is 2.52. The molecule has 0 aliphatic carbocycles. The van der Waals surface area contributed by atoms with Crippen molar-refractivity contribution in [2.24, 2.45) is 0 Å². The van der Waals surface area contributed by atoms with E-state index in [0.29, 0.717) is 9.75 Å². The highest BCUT2D eigenvalue weighted by molar-refractivity contribution is 7.12. The van der Waals surface area contributed by atoms with Gasteiger partial charge in [-0.2, -0.15) is 5.26 Å². The summed E-state index contributed by atoms with van der Waals surface area (Å²) in [5.41, 5.74) is 0. The van der Waals surface area contributed by atoms with Gasteiger partial charge in [0.05, 0.1) is 12.5 Å². The molecule has 0 saturated carbocycles. The van der Waals surface area contributed by atoms with Crippen LogP contribution in [0, 0.1) is 11.3 Å². The number of hydrogen-bond donors (Lipinski definition) is 2. The number of carboxylic acids is 1. The fourth-order valence-corrected chi connectivity index (χ4v) is 1.65. The molecule has 0 bridgehead atoms. The molecule has 0 radical (unpaired) electrons. The summed E-state index contributed by atoms with van der Waals surface area (Å²) in [5.74, 6) is -1.06. The molecule has 1 aromatic heterocycles. The van der Waals surface area contributed by atoms with Crippen LogP contribution >= 0.6 is 11.3 Å². The molecule has 0 amide bonds. The molecule has 68 valence electrons. The van der Waals surface area contributed by atoms with Crippen molar-refractivity contribution in [2.75, 3.05) is 0 Å². The van der Waals surface area contributed by atoms with Crippen LogP contribution in [0.1, 0.15) is 22.3 Å². The first-order chi connectivity index (χ1) is 6.13. The monoisotopic (exact) mass is 197 g/mol. The fraction of sp³-hybridized carbons (Fsp3) is 0.250. The molecule has 13 heavy (non-hydrogen) atoms. The Morgan fingerprint density at radius 3 is 2.85 bits per heavy atom. The van der Waals surface area contributed by atoms with Crippen LogP contribution in [0.2, 0.25) is 0 Å². The van der Waals surface area contributed by atoms with Gasteiger partial charge in [-0.05, 0) is 12.1 Å². The molecule has 0 aromatic carbocycles. The summed E-state index contributed by atoms with van der Waals surface area (Å²) in [5, 5.41) is 26.2. The summed E-state index contributed by atoms with van der Waals surface area (Å²) in [4.78, 5) is 11.2. The average molecular weight is 197 g/mol. The van der Waals surface area contributed by atoms with Gasteiger partial charge in [-0.1, -0.05) is 0 Å². The van der Waals surface area contributed by atoms with E-state index >= 15 is 0 Å². The zero-order chi connectivity index (χ0) is 9.84. The van der Waals surface area contributed by atoms with Crippen molar-refractivity contribution >= 4 is 17.3 Å². The summed E-state index contributed by atoms with van der Waals surface area (Å²) in [6.45, 7) is 0. The van der Waals surface area contributed by atoms with Gasteiger partial charge in [0.25, 0.3) is 0 Å². The topological polar surface area (TPSA) is 81.3 Å². The van der Waals surface area contributed by atoms with Crippen LogP contribution in [0.15, 0.2) is 12.1 Å². The summed E-state index contributed by atoms with van der Waals surface area (Å²) in [6, 6.07) is 5.04. The van der Waals surface area contributed by atoms with Gasteiger partial charge in [0.15, 0.2) is 0 Å². The zero-order valence-corrected chi connectivity index (χ0v) is 7.41. The van der Waals surface area contributed by atoms with Gasteiger partial charge < -0.3 is 10.2 Å². The molecule has 5 heteroatoms. The second-order valence-electron chi connectivity index (χ2n) is 2.43. The van der Waals surface area contributed by atoms with E-state index in [1.807, 2.05) is 6.07 Å². The highest BCUT2D eigenvalue weighted by Crippen LogP contribution is 2.24. The Morgan fingerprint density at radius 1 is 1.69 bits per heavy atom. The lowest BCUT2D eigenvalue weighted by Gasteiger charge is -2.02. The van der Waals surface area contributed by atoms with Crippen molar-refractivity contribution in [3.8, 4) is 6.07 Å². The van der Waals surface area contributed by atoms with Crippen molar-refractivity contribution in [3.05, 3.63) is 21.9 Å². The Bertz CT molecular complexity index is 353. The smallest absolute Gasteiger partial charge is 0.306 e. The van der Waals surface area contributed by atoms with E-state index in [4.69, 9.17) is 10.4 Å². The number of hydrogen-bond acceptors (Lipinski definition) is 4. The number of aliphatic hydroxyl groups is 1. The SMILES string of the molecule is N#Cc1ccc(C(O)CC(=O)O)s1. The maximum Gasteiger partial charge on any atom is 0.306 e. The maximum absolute atomic E-state index is 10.2. The average Bonchev–Trinajstić information content (AvgIpc) is 2.50.